The molecule has 0 saturated heterocycles. The van der Waals surface area contributed by atoms with Gasteiger partial charge in [0.1, 0.15) is 0 Å². The van der Waals surface area contributed by atoms with Crippen molar-refractivity contribution in [1.29, 1.82) is 0 Å². The molecular formula is C6H8KO8P. The van der Waals surface area contributed by atoms with Gasteiger partial charge in [0.05, 0.1) is 12.8 Å². The predicted molar refractivity (Wildman–Crippen MR) is 44.3 cm³/mol. The Morgan fingerprint density at radius 2 is 1.75 bits per heavy atom. The van der Waals surface area contributed by atoms with E-state index in [1.807, 2.05) is 0 Å². The fraction of sp³-hybridized carbons (Fsp3) is 0.500. The summed E-state index contributed by atoms with van der Waals surface area (Å²) in [5.74, 6) is -4.74. The van der Waals surface area contributed by atoms with Crippen LogP contribution in [0.3, 0.4) is 0 Å². The molecule has 0 radical (unpaired) electrons. The van der Waals surface area contributed by atoms with E-state index in [1.54, 1.807) is 0 Å². The molecule has 0 aromatic heterocycles. The van der Waals surface area contributed by atoms with Gasteiger partial charge in [0.15, 0.2) is 5.60 Å². The molecule has 0 aromatic carbocycles. The second-order valence-corrected chi connectivity index (χ2v) is 2.95. The monoisotopic (exact) mass is 278 g/mol. The maximum Gasteiger partial charge on any atom is 1.00 e. The van der Waals surface area contributed by atoms with Crippen molar-refractivity contribution in [2.45, 2.75) is 18.4 Å². The molecule has 0 aromatic rings. The van der Waals surface area contributed by atoms with Crippen molar-refractivity contribution in [2.75, 3.05) is 0 Å². The predicted octanol–water partition coefficient (Wildman–Crippen LogP) is -3.47. The van der Waals surface area contributed by atoms with Gasteiger partial charge in [0, 0.05) is 0 Å². The topological polar surface area (TPSA) is 138 Å². The quantitative estimate of drug-likeness (QED) is 0.336. The van der Waals surface area contributed by atoms with Crippen LogP contribution in [0, 0.1) is 0 Å². The number of hydrogen-bond donors (Lipinski definition) is 3. The third kappa shape index (κ3) is 6.64. The van der Waals surface area contributed by atoms with Gasteiger partial charge in [-0.05, 0) is 0 Å². The molecule has 10 heteroatoms. The fourth-order valence-corrected chi connectivity index (χ4v) is 0.924. The van der Waals surface area contributed by atoms with Gasteiger partial charge in [-0.15, -0.1) is 0 Å². The van der Waals surface area contributed by atoms with E-state index in [1.165, 1.54) is 0 Å². The molecule has 0 bridgehead atoms. The van der Waals surface area contributed by atoms with Gasteiger partial charge in [-0.25, -0.2) is 9.36 Å². The summed E-state index contributed by atoms with van der Waals surface area (Å²) in [6, 6.07) is 0. The molecule has 86 valence electrons. The number of carbonyl (C=O) groups is 3. The maximum absolute atomic E-state index is 10.7. The van der Waals surface area contributed by atoms with Crippen molar-refractivity contribution in [3.8, 4) is 0 Å². The van der Waals surface area contributed by atoms with Crippen LogP contribution in [0.25, 0.3) is 0 Å². The van der Waals surface area contributed by atoms with E-state index in [0.717, 1.165) is 0 Å². The third-order valence-corrected chi connectivity index (χ3v) is 1.70. The van der Waals surface area contributed by atoms with E-state index in [-0.39, 0.29) is 52.8 Å². The van der Waals surface area contributed by atoms with Gasteiger partial charge < -0.3 is 21.3 Å². The Balaban J connectivity index is -0.000000980. The summed E-state index contributed by atoms with van der Waals surface area (Å²) in [7, 11) is -1.00. The number of carbonyl (C=O) groups excluding carboxylic acids is 1. The molecule has 1 atom stereocenters. The average Bonchev–Trinajstić information content (AvgIpc) is 2.01. The van der Waals surface area contributed by atoms with Crippen molar-refractivity contribution < 1.29 is 91.6 Å². The largest absolute Gasteiger partial charge is 1.00 e. The van der Waals surface area contributed by atoms with Gasteiger partial charge in [-0.1, -0.05) is 0 Å². The van der Waals surface area contributed by atoms with Gasteiger partial charge in [0.2, 0.25) is 0 Å². The summed E-state index contributed by atoms with van der Waals surface area (Å²) in [6.07, 6.45) is -2.25. The van der Waals surface area contributed by atoms with Crippen LogP contribution in [-0.2, 0) is 23.5 Å². The molecule has 3 N–H and O–H groups in total. The number of aliphatic hydroxyl groups is 1. The first-order valence-electron chi connectivity index (χ1n) is 3.52. The van der Waals surface area contributed by atoms with Crippen LogP contribution in [0.1, 0.15) is 14.3 Å². The molecule has 0 aliphatic heterocycles. The zero-order valence-corrected chi connectivity index (χ0v) is 12.3. The van der Waals surface area contributed by atoms with Crippen molar-refractivity contribution in [3.63, 3.8) is 0 Å². The Morgan fingerprint density at radius 3 is 2.06 bits per heavy atom. The van der Waals surface area contributed by atoms with Crippen molar-refractivity contribution in [1.82, 2.24) is 0 Å². The zero-order valence-electron chi connectivity index (χ0n) is 9.24. The Bertz CT molecular complexity index is 310. The Kier molecular flexibility index (Phi) is 9.51. The van der Waals surface area contributed by atoms with Crippen LogP contribution in [0.5, 0.6) is 0 Å². The normalized spacial score (nSPS) is 13.3. The summed E-state index contributed by atoms with van der Waals surface area (Å²) >= 11 is 0. The molecule has 8 nitrogen and oxygen atoms in total. The van der Waals surface area contributed by atoms with Gasteiger partial charge in [-0.3, -0.25) is 9.59 Å². The molecule has 0 amide bonds. The summed E-state index contributed by atoms with van der Waals surface area (Å²) in [6.45, 7) is 0. The molecule has 0 aliphatic rings. The van der Waals surface area contributed by atoms with E-state index in [2.05, 4.69) is 4.52 Å². The van der Waals surface area contributed by atoms with Crippen LogP contribution in [0.2, 0.25) is 0 Å². The van der Waals surface area contributed by atoms with Gasteiger partial charge in [0.25, 0.3) is 0 Å². The smallest absolute Gasteiger partial charge is 1.00 e. The molecular weight excluding hydrogens is 270 g/mol. The minimum absolute atomic E-state index is 0. The van der Waals surface area contributed by atoms with E-state index in [4.69, 9.17) is 10.2 Å². The van der Waals surface area contributed by atoms with Crippen molar-refractivity contribution >= 4 is 26.6 Å². The van der Waals surface area contributed by atoms with Crippen LogP contribution in [-0.4, -0.2) is 38.8 Å². The fourth-order valence-electron chi connectivity index (χ4n) is 0.777. The summed E-state index contributed by atoms with van der Waals surface area (Å²) in [5, 5.41) is 26.1. The maximum atomic E-state index is 10.7. The van der Waals surface area contributed by atoms with Gasteiger partial charge >= 0.3 is 78.0 Å². The molecule has 0 spiro atoms. The van der Waals surface area contributed by atoms with E-state index >= 15 is 0 Å². The molecule has 0 fully saturated rings. The second kappa shape index (κ2) is 8.23. The Hall–Kier alpha value is 0.106. The number of carboxylic acids is 2. The van der Waals surface area contributed by atoms with Crippen LogP contribution >= 0.6 is 8.69 Å². The van der Waals surface area contributed by atoms with Crippen molar-refractivity contribution in [3.05, 3.63) is 0 Å². The minimum Gasteiger partial charge on any atom is -1.00 e. The van der Waals surface area contributed by atoms with Gasteiger partial charge in [-0.2, -0.15) is 0 Å². The second-order valence-electron chi connectivity index (χ2n) is 2.62. The standard InChI is InChI=1S/C6H7O8P.K.H/c7-3(8)1-6(12,5(10)11)2-4(9)14-15-13;;/h12H,1-2H2,(H,7,8)(H,10,11);;/q;+1;-1. The van der Waals surface area contributed by atoms with E-state index in [0.29, 0.717) is 0 Å². The Morgan fingerprint density at radius 1 is 1.25 bits per heavy atom. The minimum atomic E-state index is -2.76. The molecule has 1 unspecified atom stereocenters. The molecule has 0 aliphatic carbocycles. The SMILES string of the molecule is O=POC(=O)CC(O)(CC(=O)O)C(=O)O.[H-].[K+]. The molecule has 0 heterocycles. The zero-order chi connectivity index (χ0) is 12.1. The third-order valence-electron chi connectivity index (χ3n) is 1.42. The van der Waals surface area contributed by atoms with Crippen LogP contribution in [0.4, 0.5) is 0 Å². The van der Waals surface area contributed by atoms with Crippen molar-refractivity contribution in [2.24, 2.45) is 0 Å². The molecule has 0 rings (SSSR count). The summed E-state index contributed by atoms with van der Waals surface area (Å²) in [5.41, 5.74) is -2.76. The van der Waals surface area contributed by atoms with Crippen LogP contribution in [0.15, 0.2) is 0 Å². The number of hydrogen-bond acceptors (Lipinski definition) is 6. The number of rotatable bonds is 6. The first kappa shape index (κ1) is 18.5. The molecule has 0 saturated carbocycles. The Labute approximate surface area is 135 Å². The molecule has 16 heavy (non-hydrogen) atoms. The summed E-state index contributed by atoms with van der Waals surface area (Å²) < 4.78 is 13.6. The average molecular weight is 278 g/mol. The number of carboxylic acid groups (broad SMARTS) is 2. The van der Waals surface area contributed by atoms with Crippen LogP contribution < -0.4 is 51.4 Å². The summed E-state index contributed by atoms with van der Waals surface area (Å²) in [4.78, 5) is 31.4. The first-order chi connectivity index (χ1) is 6.81. The first-order valence-corrected chi connectivity index (χ1v) is 4.25. The number of aliphatic carboxylic acids is 2. The van der Waals surface area contributed by atoms with E-state index < -0.39 is 45.0 Å². The van der Waals surface area contributed by atoms with E-state index in [9.17, 15) is 24.1 Å².